The number of nitrogens with zero attached hydrogens (tertiary/aromatic N) is 1. The van der Waals surface area contributed by atoms with Gasteiger partial charge in [0.1, 0.15) is 5.75 Å². The number of hydrogen-bond acceptors (Lipinski definition) is 2. The van der Waals surface area contributed by atoms with Crippen LogP contribution in [0.25, 0.3) is 0 Å². The first-order chi connectivity index (χ1) is 9.12. The maximum absolute atomic E-state index is 5.90. The second-order valence-corrected chi connectivity index (χ2v) is 5.49. The van der Waals surface area contributed by atoms with Crippen LogP contribution in [0.2, 0.25) is 0 Å². The molecule has 0 unspecified atom stereocenters. The fourth-order valence-corrected chi connectivity index (χ4v) is 2.22. The molecule has 0 fully saturated rings. The Hall–Kier alpha value is -1.06. The van der Waals surface area contributed by atoms with Gasteiger partial charge in [-0.25, -0.2) is 4.98 Å². The Morgan fingerprint density at radius 3 is 2.74 bits per heavy atom. The second kappa shape index (κ2) is 6.40. The Kier molecular flexibility index (Phi) is 4.83. The van der Waals surface area contributed by atoms with Gasteiger partial charge in [0.05, 0.1) is 0 Å². The van der Waals surface area contributed by atoms with E-state index in [-0.39, 0.29) is 0 Å². The van der Waals surface area contributed by atoms with Crippen molar-refractivity contribution in [2.24, 2.45) is 0 Å². The van der Waals surface area contributed by atoms with E-state index >= 15 is 0 Å². The quantitative estimate of drug-likeness (QED) is 0.710. The van der Waals surface area contributed by atoms with Crippen LogP contribution >= 0.6 is 27.5 Å². The third-order valence-electron chi connectivity index (χ3n) is 2.80. The highest BCUT2D eigenvalue weighted by Gasteiger charge is 2.06. The zero-order chi connectivity index (χ0) is 13.8. The van der Waals surface area contributed by atoms with Crippen LogP contribution in [-0.4, -0.2) is 4.98 Å². The lowest BCUT2D eigenvalue weighted by molar-refractivity contribution is 0.456. The van der Waals surface area contributed by atoms with Crippen LogP contribution in [0.3, 0.4) is 0 Å². The van der Waals surface area contributed by atoms with Crippen molar-refractivity contribution >= 4 is 27.5 Å². The molecule has 0 saturated heterocycles. The predicted molar refractivity (Wildman–Crippen MR) is 82.1 cm³/mol. The number of hydrogen-bond donors (Lipinski definition) is 0. The Labute approximate surface area is 126 Å². The highest BCUT2D eigenvalue weighted by molar-refractivity contribution is 9.10. The summed E-state index contributed by atoms with van der Waals surface area (Å²) < 4.78 is 6.86. The number of ether oxygens (including phenoxy) is 1. The van der Waals surface area contributed by atoms with Crippen LogP contribution in [-0.2, 0) is 12.3 Å². The van der Waals surface area contributed by atoms with Crippen LogP contribution in [0.15, 0.2) is 34.8 Å². The minimum atomic E-state index is 0.462. The van der Waals surface area contributed by atoms with Gasteiger partial charge in [-0.2, -0.15) is 0 Å². The number of alkyl halides is 1. The van der Waals surface area contributed by atoms with E-state index in [0.29, 0.717) is 11.8 Å². The van der Waals surface area contributed by atoms with Crippen molar-refractivity contribution in [2.75, 3.05) is 0 Å². The summed E-state index contributed by atoms with van der Waals surface area (Å²) in [6.45, 7) is 4.07. The molecule has 0 radical (unpaired) electrons. The summed E-state index contributed by atoms with van der Waals surface area (Å²) in [6.07, 6.45) is 0.860. The molecule has 1 heterocycles. The molecular formula is C15H15BrClNO. The van der Waals surface area contributed by atoms with Crippen molar-refractivity contribution < 1.29 is 4.74 Å². The van der Waals surface area contributed by atoms with Gasteiger partial charge in [-0.05, 0) is 42.7 Å². The lowest BCUT2D eigenvalue weighted by Crippen LogP contribution is -1.96. The molecule has 1 aromatic heterocycles. The van der Waals surface area contributed by atoms with Gasteiger partial charge in [0.2, 0.25) is 5.88 Å². The van der Waals surface area contributed by atoms with Crippen molar-refractivity contribution in [1.29, 1.82) is 0 Å². The normalized spacial score (nSPS) is 10.5. The third-order valence-corrected chi connectivity index (χ3v) is 3.60. The molecule has 0 aliphatic heterocycles. The molecule has 0 saturated carbocycles. The van der Waals surface area contributed by atoms with Gasteiger partial charge in [-0.1, -0.05) is 28.9 Å². The maximum atomic E-state index is 5.90. The molecule has 1 aromatic carbocycles. The topological polar surface area (TPSA) is 22.1 Å². The number of halogens is 2. The molecule has 0 aliphatic rings. The van der Waals surface area contributed by atoms with Gasteiger partial charge in [-0.3, -0.25) is 0 Å². The van der Waals surface area contributed by atoms with Crippen LogP contribution in [0, 0.1) is 6.92 Å². The highest BCUT2D eigenvalue weighted by atomic mass is 79.9. The average Bonchev–Trinajstić information content (AvgIpc) is 2.42. The van der Waals surface area contributed by atoms with E-state index in [9.17, 15) is 0 Å². The van der Waals surface area contributed by atoms with Crippen LogP contribution < -0.4 is 4.74 Å². The summed E-state index contributed by atoms with van der Waals surface area (Å²) >= 11 is 9.34. The van der Waals surface area contributed by atoms with Crippen LogP contribution in [0.5, 0.6) is 11.6 Å². The number of pyridine rings is 1. The molecule has 0 amide bonds. The molecule has 2 nitrogen and oxygen atoms in total. The van der Waals surface area contributed by atoms with E-state index in [1.807, 2.05) is 37.3 Å². The maximum Gasteiger partial charge on any atom is 0.219 e. The highest BCUT2D eigenvalue weighted by Crippen LogP contribution is 2.28. The zero-order valence-corrected chi connectivity index (χ0v) is 13.3. The summed E-state index contributed by atoms with van der Waals surface area (Å²) in [5.74, 6) is 1.86. The van der Waals surface area contributed by atoms with Crippen LogP contribution in [0.4, 0.5) is 0 Å². The molecule has 0 bridgehead atoms. The van der Waals surface area contributed by atoms with Gasteiger partial charge in [0.25, 0.3) is 0 Å². The fourth-order valence-electron chi connectivity index (χ4n) is 1.73. The molecule has 0 N–H and O–H groups in total. The van der Waals surface area contributed by atoms with E-state index in [2.05, 4.69) is 27.8 Å². The first kappa shape index (κ1) is 14.4. The molecule has 0 atom stereocenters. The van der Waals surface area contributed by atoms with E-state index in [4.69, 9.17) is 16.3 Å². The van der Waals surface area contributed by atoms with Crippen molar-refractivity contribution in [3.8, 4) is 11.6 Å². The minimum absolute atomic E-state index is 0.462. The SMILES string of the molecule is CCc1cc(CCl)cc(Oc2cc(Br)ccc2C)n1. The second-order valence-electron chi connectivity index (χ2n) is 4.30. The van der Waals surface area contributed by atoms with Gasteiger partial charge in [-0.15, -0.1) is 11.6 Å². The Bertz CT molecular complexity index is 564. The van der Waals surface area contributed by atoms with Crippen molar-refractivity contribution in [3.05, 3.63) is 51.6 Å². The minimum Gasteiger partial charge on any atom is -0.439 e. The van der Waals surface area contributed by atoms with E-state index in [1.54, 1.807) is 0 Å². The number of benzene rings is 1. The summed E-state index contributed by atoms with van der Waals surface area (Å²) in [5, 5.41) is 0. The molecule has 100 valence electrons. The molecule has 19 heavy (non-hydrogen) atoms. The lowest BCUT2D eigenvalue weighted by atomic mass is 10.2. The van der Waals surface area contributed by atoms with Crippen molar-refractivity contribution in [1.82, 2.24) is 4.98 Å². The lowest BCUT2D eigenvalue weighted by Gasteiger charge is -2.10. The van der Waals surface area contributed by atoms with Crippen LogP contribution in [0.1, 0.15) is 23.7 Å². The summed E-state index contributed by atoms with van der Waals surface area (Å²) in [6, 6.07) is 9.82. The van der Waals surface area contributed by atoms with Crippen molar-refractivity contribution in [3.63, 3.8) is 0 Å². The van der Waals surface area contributed by atoms with E-state index in [0.717, 1.165) is 33.5 Å². The fraction of sp³-hybridized carbons (Fsp3) is 0.267. The Morgan fingerprint density at radius 2 is 2.05 bits per heavy atom. The number of rotatable bonds is 4. The molecule has 4 heteroatoms. The monoisotopic (exact) mass is 339 g/mol. The molecule has 2 rings (SSSR count). The van der Waals surface area contributed by atoms with Gasteiger partial charge in [0.15, 0.2) is 0 Å². The Balaban J connectivity index is 2.34. The largest absolute Gasteiger partial charge is 0.439 e. The van der Waals surface area contributed by atoms with Gasteiger partial charge in [0, 0.05) is 22.1 Å². The first-order valence-corrected chi connectivity index (χ1v) is 7.45. The van der Waals surface area contributed by atoms with Crippen molar-refractivity contribution in [2.45, 2.75) is 26.1 Å². The molecule has 0 spiro atoms. The van der Waals surface area contributed by atoms with E-state index < -0.39 is 0 Å². The summed E-state index contributed by atoms with van der Waals surface area (Å²) in [5.41, 5.74) is 3.08. The molecule has 2 aromatic rings. The predicted octanol–water partition coefficient (Wildman–Crippen LogP) is 5.25. The number of aromatic nitrogens is 1. The standard InChI is InChI=1S/C15H15BrClNO/c1-3-13-6-11(9-17)7-15(18-13)19-14-8-12(16)5-4-10(14)2/h4-8H,3,9H2,1-2H3. The Morgan fingerprint density at radius 1 is 1.26 bits per heavy atom. The molecular weight excluding hydrogens is 326 g/mol. The van der Waals surface area contributed by atoms with Gasteiger partial charge < -0.3 is 4.74 Å². The van der Waals surface area contributed by atoms with E-state index in [1.165, 1.54) is 0 Å². The smallest absolute Gasteiger partial charge is 0.219 e. The molecule has 0 aliphatic carbocycles. The summed E-state index contributed by atoms with van der Waals surface area (Å²) in [4.78, 5) is 4.47. The number of aryl methyl sites for hydroxylation is 2. The third kappa shape index (κ3) is 3.71. The first-order valence-electron chi connectivity index (χ1n) is 6.12. The zero-order valence-electron chi connectivity index (χ0n) is 10.9. The average molecular weight is 341 g/mol. The summed E-state index contributed by atoms with van der Waals surface area (Å²) in [7, 11) is 0. The van der Waals surface area contributed by atoms with Gasteiger partial charge >= 0.3 is 0 Å².